The Hall–Kier alpha value is -1.55. The molecule has 0 unspecified atom stereocenters. The van der Waals surface area contributed by atoms with Crippen LogP contribution >= 0.6 is 0 Å². The van der Waals surface area contributed by atoms with Gasteiger partial charge in [0.25, 0.3) is 0 Å². The van der Waals surface area contributed by atoms with Gasteiger partial charge in [0, 0.05) is 18.7 Å². The number of hydrogen-bond acceptors (Lipinski definition) is 3. The van der Waals surface area contributed by atoms with Gasteiger partial charge in [0.05, 0.1) is 12.5 Å². The molecule has 4 heteroatoms. The molecule has 1 rings (SSSR count). The molecule has 1 aromatic carbocycles. The number of carbonyl (C=O) groups is 1. The number of benzene rings is 1. The molecule has 4 nitrogen and oxygen atoms in total. The summed E-state index contributed by atoms with van der Waals surface area (Å²) < 4.78 is 5.40. The summed E-state index contributed by atoms with van der Waals surface area (Å²) in [4.78, 5) is 12.0. The van der Waals surface area contributed by atoms with Crippen molar-refractivity contribution in [2.24, 2.45) is 11.1 Å². The van der Waals surface area contributed by atoms with Crippen LogP contribution in [-0.2, 0) is 11.3 Å². The lowest BCUT2D eigenvalue weighted by Gasteiger charge is -2.22. The molecule has 106 valence electrons. The zero-order valence-electron chi connectivity index (χ0n) is 12.5. The number of nitrogens with one attached hydrogen (secondary N) is 1. The number of methoxy groups -OCH3 is 1. The Kier molecular flexibility index (Phi) is 4.95. The normalized spacial score (nSPS) is 11.3. The molecule has 0 saturated carbocycles. The van der Waals surface area contributed by atoms with Gasteiger partial charge in [0.2, 0.25) is 5.91 Å². The van der Waals surface area contributed by atoms with Gasteiger partial charge in [-0.25, -0.2) is 0 Å². The number of ether oxygens (including phenoxy) is 1. The van der Waals surface area contributed by atoms with Crippen molar-refractivity contribution < 1.29 is 9.53 Å². The zero-order valence-corrected chi connectivity index (χ0v) is 12.5. The Morgan fingerprint density at radius 2 is 2.00 bits per heavy atom. The van der Waals surface area contributed by atoms with E-state index in [2.05, 4.69) is 11.4 Å². The van der Waals surface area contributed by atoms with E-state index in [4.69, 9.17) is 10.5 Å². The highest BCUT2D eigenvalue weighted by Crippen LogP contribution is 2.25. The second-order valence-corrected chi connectivity index (χ2v) is 5.54. The third-order valence-electron chi connectivity index (χ3n) is 3.26. The van der Waals surface area contributed by atoms with E-state index in [9.17, 15) is 4.79 Å². The molecule has 0 spiro atoms. The first-order valence-corrected chi connectivity index (χ1v) is 6.44. The first-order valence-electron chi connectivity index (χ1n) is 6.44. The first-order chi connectivity index (χ1) is 8.81. The highest BCUT2D eigenvalue weighted by atomic mass is 16.5. The molecule has 0 atom stereocenters. The molecule has 1 aromatic rings. The lowest BCUT2D eigenvalue weighted by Crippen LogP contribution is -2.41. The fourth-order valence-electron chi connectivity index (χ4n) is 1.97. The second-order valence-electron chi connectivity index (χ2n) is 5.54. The number of amides is 1. The maximum absolute atomic E-state index is 12.0. The van der Waals surface area contributed by atoms with Gasteiger partial charge in [0.15, 0.2) is 0 Å². The van der Waals surface area contributed by atoms with Gasteiger partial charge in [-0.3, -0.25) is 4.79 Å². The van der Waals surface area contributed by atoms with Gasteiger partial charge in [0.1, 0.15) is 5.75 Å². The Labute approximate surface area is 115 Å². The van der Waals surface area contributed by atoms with Gasteiger partial charge in [-0.2, -0.15) is 0 Å². The first kappa shape index (κ1) is 15.5. The van der Waals surface area contributed by atoms with Gasteiger partial charge in [-0.05, 0) is 33.3 Å². The molecule has 0 heterocycles. The number of hydrogen-bond donors (Lipinski definition) is 2. The largest absolute Gasteiger partial charge is 0.496 e. The van der Waals surface area contributed by atoms with E-state index >= 15 is 0 Å². The van der Waals surface area contributed by atoms with Gasteiger partial charge in [-0.15, -0.1) is 0 Å². The molecule has 0 bridgehead atoms. The summed E-state index contributed by atoms with van der Waals surface area (Å²) >= 11 is 0. The number of nitrogens with two attached hydrogens (primary N) is 1. The van der Waals surface area contributed by atoms with Crippen LogP contribution in [0.5, 0.6) is 5.75 Å². The predicted molar refractivity (Wildman–Crippen MR) is 77.2 cm³/mol. The second kappa shape index (κ2) is 6.06. The van der Waals surface area contributed by atoms with Crippen LogP contribution in [0.15, 0.2) is 12.1 Å². The molecule has 1 amide bonds. The van der Waals surface area contributed by atoms with Gasteiger partial charge >= 0.3 is 0 Å². The Balaban J connectivity index is 2.86. The molecule has 0 saturated heterocycles. The molecule has 0 aliphatic carbocycles. The summed E-state index contributed by atoms with van der Waals surface area (Å²) in [5.74, 6) is 0.785. The summed E-state index contributed by atoms with van der Waals surface area (Å²) in [5.41, 5.74) is 8.26. The van der Waals surface area contributed by atoms with E-state index in [-0.39, 0.29) is 5.91 Å². The summed E-state index contributed by atoms with van der Waals surface area (Å²) in [7, 11) is 1.65. The van der Waals surface area contributed by atoms with Crippen LogP contribution in [0.4, 0.5) is 0 Å². The fraction of sp³-hybridized carbons (Fsp3) is 0.533. The van der Waals surface area contributed by atoms with Crippen molar-refractivity contribution in [1.29, 1.82) is 0 Å². The zero-order chi connectivity index (χ0) is 14.6. The average molecular weight is 264 g/mol. The standard InChI is InChI=1S/C15H24N2O2/c1-10-6-11(2)13(19-5)12(7-10)8-17-14(18)15(3,4)9-16/h6-7H,8-9,16H2,1-5H3,(H,17,18). The van der Waals surface area contributed by atoms with Crippen LogP contribution in [0.25, 0.3) is 0 Å². The van der Waals surface area contributed by atoms with E-state index in [0.717, 1.165) is 22.4 Å². The maximum Gasteiger partial charge on any atom is 0.227 e. The van der Waals surface area contributed by atoms with E-state index in [1.807, 2.05) is 33.8 Å². The minimum atomic E-state index is -0.549. The molecule has 0 aromatic heterocycles. The highest BCUT2D eigenvalue weighted by Gasteiger charge is 2.25. The maximum atomic E-state index is 12.0. The molecule has 3 N–H and O–H groups in total. The third-order valence-corrected chi connectivity index (χ3v) is 3.26. The quantitative estimate of drug-likeness (QED) is 0.854. The van der Waals surface area contributed by atoms with Gasteiger partial charge < -0.3 is 15.8 Å². The van der Waals surface area contributed by atoms with E-state index in [0.29, 0.717) is 13.1 Å². The van der Waals surface area contributed by atoms with Crippen molar-refractivity contribution in [2.45, 2.75) is 34.2 Å². The Morgan fingerprint density at radius 1 is 1.37 bits per heavy atom. The monoisotopic (exact) mass is 264 g/mol. The summed E-state index contributed by atoms with van der Waals surface area (Å²) in [5, 5.41) is 2.92. The minimum Gasteiger partial charge on any atom is -0.496 e. The fourth-order valence-corrected chi connectivity index (χ4v) is 1.97. The number of aryl methyl sites for hydroxylation is 2. The molecule has 0 radical (unpaired) electrons. The van der Waals surface area contributed by atoms with E-state index < -0.39 is 5.41 Å². The van der Waals surface area contributed by atoms with Crippen molar-refractivity contribution in [3.8, 4) is 5.75 Å². The van der Waals surface area contributed by atoms with E-state index in [1.54, 1.807) is 7.11 Å². The third kappa shape index (κ3) is 3.70. The molecule has 0 fully saturated rings. The highest BCUT2D eigenvalue weighted by molar-refractivity contribution is 5.82. The summed E-state index contributed by atoms with van der Waals surface area (Å²) in [6.07, 6.45) is 0. The van der Waals surface area contributed by atoms with Crippen molar-refractivity contribution >= 4 is 5.91 Å². The van der Waals surface area contributed by atoms with Crippen molar-refractivity contribution in [1.82, 2.24) is 5.32 Å². The van der Waals surface area contributed by atoms with Crippen LogP contribution in [0.1, 0.15) is 30.5 Å². The van der Waals surface area contributed by atoms with Gasteiger partial charge in [-0.1, -0.05) is 17.7 Å². The number of carbonyl (C=O) groups excluding carboxylic acids is 1. The van der Waals surface area contributed by atoms with Crippen LogP contribution in [0, 0.1) is 19.3 Å². The van der Waals surface area contributed by atoms with Crippen molar-refractivity contribution in [3.63, 3.8) is 0 Å². The van der Waals surface area contributed by atoms with E-state index in [1.165, 1.54) is 0 Å². The molecule has 19 heavy (non-hydrogen) atoms. The minimum absolute atomic E-state index is 0.0452. The lowest BCUT2D eigenvalue weighted by atomic mass is 9.92. The molecular formula is C15H24N2O2. The predicted octanol–water partition coefficient (Wildman–Crippen LogP) is 1.91. The smallest absolute Gasteiger partial charge is 0.227 e. The average Bonchev–Trinajstić information content (AvgIpc) is 2.35. The van der Waals surface area contributed by atoms with Crippen molar-refractivity contribution in [2.75, 3.05) is 13.7 Å². The SMILES string of the molecule is COc1c(C)cc(C)cc1CNC(=O)C(C)(C)CN. The lowest BCUT2D eigenvalue weighted by molar-refractivity contribution is -0.129. The summed E-state index contributed by atoms with van der Waals surface area (Å²) in [6, 6.07) is 4.09. The number of rotatable bonds is 5. The van der Waals surface area contributed by atoms with Crippen molar-refractivity contribution in [3.05, 3.63) is 28.8 Å². The Bertz CT molecular complexity index is 467. The van der Waals surface area contributed by atoms with Crippen LogP contribution in [-0.4, -0.2) is 19.6 Å². The Morgan fingerprint density at radius 3 is 2.53 bits per heavy atom. The van der Waals surface area contributed by atoms with Crippen LogP contribution in [0.2, 0.25) is 0 Å². The summed E-state index contributed by atoms with van der Waals surface area (Å²) in [6.45, 7) is 8.47. The topological polar surface area (TPSA) is 64.3 Å². The molecule has 0 aliphatic heterocycles. The van der Waals surface area contributed by atoms with Crippen LogP contribution in [0.3, 0.4) is 0 Å². The van der Waals surface area contributed by atoms with Crippen LogP contribution < -0.4 is 15.8 Å². The molecule has 0 aliphatic rings. The molecular weight excluding hydrogens is 240 g/mol.